The van der Waals surface area contributed by atoms with Crippen molar-refractivity contribution in [2.45, 2.75) is 13.0 Å². The number of nitrogens with zero attached hydrogens (tertiary/aromatic N) is 2. The minimum absolute atomic E-state index is 0.647. The van der Waals surface area contributed by atoms with Crippen LogP contribution in [-0.4, -0.2) is 31.1 Å². The molecule has 2 aromatic carbocycles. The molecule has 134 valence electrons. The third-order valence-corrected chi connectivity index (χ3v) is 3.99. The largest absolute Gasteiger partial charge is 0.494 e. The van der Waals surface area contributed by atoms with Gasteiger partial charge in [-0.15, -0.1) is 0 Å². The first kappa shape index (κ1) is 17.7. The predicted molar refractivity (Wildman–Crippen MR) is 106 cm³/mol. The molecule has 0 saturated carbocycles. The maximum atomic E-state index is 5.85. The number of hydrogen-bond acceptors (Lipinski definition) is 3. The minimum atomic E-state index is 0.647. The normalized spacial score (nSPS) is 11.3. The van der Waals surface area contributed by atoms with Crippen LogP contribution in [0.1, 0.15) is 12.1 Å². The van der Waals surface area contributed by atoms with Gasteiger partial charge >= 0.3 is 0 Å². The van der Waals surface area contributed by atoms with E-state index in [-0.39, 0.29) is 0 Å². The highest BCUT2D eigenvalue weighted by molar-refractivity contribution is 5.83. The Bertz CT molecular complexity index is 849. The van der Waals surface area contributed by atoms with Crippen LogP contribution in [-0.2, 0) is 6.54 Å². The van der Waals surface area contributed by atoms with Gasteiger partial charge < -0.3 is 15.4 Å². The molecule has 0 bridgehead atoms. The highest BCUT2D eigenvalue weighted by Crippen LogP contribution is 2.20. The van der Waals surface area contributed by atoms with E-state index in [2.05, 4.69) is 44.9 Å². The van der Waals surface area contributed by atoms with E-state index < -0.39 is 0 Å². The summed E-state index contributed by atoms with van der Waals surface area (Å²) in [4.78, 5) is 8.50. The highest BCUT2D eigenvalue weighted by Gasteiger charge is 2.00. The number of benzene rings is 2. The van der Waals surface area contributed by atoms with Crippen LogP contribution in [0.4, 0.5) is 0 Å². The second-order valence-electron chi connectivity index (χ2n) is 5.88. The maximum absolute atomic E-state index is 5.85. The molecule has 3 rings (SSSR count). The van der Waals surface area contributed by atoms with Gasteiger partial charge in [-0.1, -0.05) is 36.4 Å². The Morgan fingerprint density at radius 3 is 2.65 bits per heavy atom. The average molecular weight is 348 g/mol. The molecular weight excluding hydrogens is 324 g/mol. The standard InChI is InChI=1S/C21H24N4O/c1-22-21(25-16-19-9-4-5-12-23-19)24-13-6-14-26-20-11-10-17-7-2-3-8-18(17)15-20/h2-5,7-12,15H,6,13-14,16H2,1H3,(H2,22,24,25). The molecule has 0 amide bonds. The number of aromatic nitrogens is 1. The van der Waals surface area contributed by atoms with Gasteiger partial charge in [0.25, 0.3) is 0 Å². The summed E-state index contributed by atoms with van der Waals surface area (Å²) in [7, 11) is 1.76. The lowest BCUT2D eigenvalue weighted by Gasteiger charge is -2.12. The van der Waals surface area contributed by atoms with Gasteiger partial charge in [-0.25, -0.2) is 0 Å². The average Bonchev–Trinajstić information content (AvgIpc) is 2.70. The van der Waals surface area contributed by atoms with Crippen LogP contribution in [0, 0.1) is 0 Å². The number of hydrogen-bond donors (Lipinski definition) is 2. The Balaban J connectivity index is 1.37. The Morgan fingerprint density at radius 2 is 1.85 bits per heavy atom. The molecule has 0 aliphatic heterocycles. The lowest BCUT2D eigenvalue weighted by atomic mass is 10.1. The van der Waals surface area contributed by atoms with Crippen molar-refractivity contribution in [1.82, 2.24) is 15.6 Å². The first-order valence-electron chi connectivity index (χ1n) is 8.81. The molecule has 0 saturated heterocycles. The first-order valence-corrected chi connectivity index (χ1v) is 8.81. The second kappa shape index (κ2) is 9.42. The van der Waals surface area contributed by atoms with Gasteiger partial charge in [0.05, 0.1) is 18.8 Å². The highest BCUT2D eigenvalue weighted by atomic mass is 16.5. The molecule has 1 aromatic heterocycles. The van der Waals surface area contributed by atoms with E-state index in [1.165, 1.54) is 10.8 Å². The Labute approximate surface area is 154 Å². The zero-order chi connectivity index (χ0) is 18.0. The maximum Gasteiger partial charge on any atom is 0.191 e. The van der Waals surface area contributed by atoms with Gasteiger partial charge in [0.15, 0.2) is 5.96 Å². The van der Waals surface area contributed by atoms with Gasteiger partial charge in [-0.2, -0.15) is 0 Å². The molecule has 0 atom stereocenters. The molecule has 0 aliphatic carbocycles. The SMILES string of the molecule is CN=C(NCCCOc1ccc2ccccc2c1)NCc1ccccn1. The lowest BCUT2D eigenvalue weighted by molar-refractivity contribution is 0.311. The molecule has 1 heterocycles. The van der Waals surface area contributed by atoms with Gasteiger partial charge in [-0.3, -0.25) is 9.98 Å². The fraction of sp³-hybridized carbons (Fsp3) is 0.238. The summed E-state index contributed by atoms with van der Waals surface area (Å²) in [5.41, 5.74) is 0.982. The number of fused-ring (bicyclic) bond motifs is 1. The first-order chi connectivity index (χ1) is 12.8. The van der Waals surface area contributed by atoms with Gasteiger partial charge in [-0.05, 0) is 41.5 Å². The summed E-state index contributed by atoms with van der Waals surface area (Å²) in [5, 5.41) is 8.96. The van der Waals surface area contributed by atoms with Crippen LogP contribution in [0.15, 0.2) is 71.9 Å². The Hall–Kier alpha value is -3.08. The van der Waals surface area contributed by atoms with Gasteiger partial charge in [0.2, 0.25) is 0 Å². The quantitative estimate of drug-likeness (QED) is 0.390. The van der Waals surface area contributed by atoms with E-state index in [0.29, 0.717) is 13.2 Å². The number of pyridine rings is 1. The molecule has 0 aliphatic rings. The van der Waals surface area contributed by atoms with Crippen molar-refractivity contribution >= 4 is 16.7 Å². The summed E-state index contributed by atoms with van der Waals surface area (Å²) in [6.45, 7) is 2.09. The summed E-state index contributed by atoms with van der Waals surface area (Å²) < 4.78 is 5.85. The smallest absolute Gasteiger partial charge is 0.191 e. The predicted octanol–water partition coefficient (Wildman–Crippen LogP) is 3.37. The zero-order valence-corrected chi connectivity index (χ0v) is 15.0. The molecule has 0 radical (unpaired) electrons. The van der Waals surface area contributed by atoms with Crippen molar-refractivity contribution in [3.8, 4) is 5.75 Å². The van der Waals surface area contributed by atoms with Gasteiger partial charge in [0.1, 0.15) is 5.75 Å². The second-order valence-corrected chi connectivity index (χ2v) is 5.88. The molecule has 2 N–H and O–H groups in total. The summed E-state index contributed by atoms with van der Waals surface area (Å²) in [6, 6.07) is 20.3. The number of nitrogens with one attached hydrogen (secondary N) is 2. The van der Waals surface area contributed by atoms with E-state index in [1.807, 2.05) is 36.4 Å². The molecule has 0 fully saturated rings. The summed E-state index contributed by atoms with van der Waals surface area (Å²) in [6.07, 6.45) is 2.68. The van der Waals surface area contributed by atoms with Gasteiger partial charge in [0, 0.05) is 19.8 Å². The van der Waals surface area contributed by atoms with Crippen LogP contribution >= 0.6 is 0 Å². The molecule has 5 heteroatoms. The summed E-state index contributed by atoms with van der Waals surface area (Å²) in [5.74, 6) is 1.67. The monoisotopic (exact) mass is 348 g/mol. The minimum Gasteiger partial charge on any atom is -0.494 e. The van der Waals surface area contributed by atoms with E-state index in [9.17, 15) is 0 Å². The topological polar surface area (TPSA) is 58.5 Å². The van der Waals surface area contributed by atoms with Crippen molar-refractivity contribution in [2.24, 2.45) is 4.99 Å². The van der Waals surface area contributed by atoms with Crippen LogP contribution in [0.2, 0.25) is 0 Å². The van der Waals surface area contributed by atoms with Crippen molar-refractivity contribution < 1.29 is 4.74 Å². The number of ether oxygens (including phenoxy) is 1. The fourth-order valence-corrected chi connectivity index (χ4v) is 2.62. The van der Waals surface area contributed by atoms with Crippen LogP contribution in [0.5, 0.6) is 5.75 Å². The molecule has 0 spiro atoms. The summed E-state index contributed by atoms with van der Waals surface area (Å²) >= 11 is 0. The van der Waals surface area contributed by atoms with Crippen molar-refractivity contribution in [2.75, 3.05) is 20.2 Å². The van der Waals surface area contributed by atoms with Crippen LogP contribution < -0.4 is 15.4 Å². The number of rotatable bonds is 7. The molecular formula is C21H24N4O. The number of aliphatic imine (C=N–C) groups is 1. The van der Waals surface area contributed by atoms with Crippen molar-refractivity contribution in [3.63, 3.8) is 0 Å². The van der Waals surface area contributed by atoms with Crippen LogP contribution in [0.3, 0.4) is 0 Å². The Morgan fingerprint density at radius 1 is 1.00 bits per heavy atom. The lowest BCUT2D eigenvalue weighted by Crippen LogP contribution is -2.37. The van der Waals surface area contributed by atoms with Crippen LogP contribution in [0.25, 0.3) is 10.8 Å². The van der Waals surface area contributed by atoms with Crippen molar-refractivity contribution in [1.29, 1.82) is 0 Å². The molecule has 5 nitrogen and oxygen atoms in total. The number of guanidine groups is 1. The van der Waals surface area contributed by atoms with Crippen molar-refractivity contribution in [3.05, 3.63) is 72.6 Å². The van der Waals surface area contributed by atoms with E-state index in [1.54, 1.807) is 13.2 Å². The third kappa shape index (κ3) is 5.21. The van der Waals surface area contributed by atoms with E-state index >= 15 is 0 Å². The molecule has 3 aromatic rings. The Kier molecular flexibility index (Phi) is 6.42. The van der Waals surface area contributed by atoms with E-state index in [0.717, 1.165) is 30.4 Å². The van der Waals surface area contributed by atoms with E-state index in [4.69, 9.17) is 4.74 Å². The third-order valence-electron chi connectivity index (χ3n) is 3.99. The molecule has 0 unspecified atom stereocenters. The fourth-order valence-electron chi connectivity index (χ4n) is 2.62. The molecule has 26 heavy (non-hydrogen) atoms. The zero-order valence-electron chi connectivity index (χ0n) is 15.0.